The van der Waals surface area contributed by atoms with Gasteiger partial charge in [0.05, 0.1) is 12.2 Å². The molecule has 0 spiro atoms. The van der Waals surface area contributed by atoms with Crippen LogP contribution >= 0.6 is 0 Å². The lowest BCUT2D eigenvalue weighted by molar-refractivity contribution is -0.149. The molecule has 1 fully saturated rings. The van der Waals surface area contributed by atoms with Crippen molar-refractivity contribution in [1.29, 1.82) is 0 Å². The number of carbonyl (C=O) groups is 1. The number of rotatable bonds is 3. The van der Waals surface area contributed by atoms with Crippen LogP contribution in [0.2, 0.25) is 0 Å². The Bertz CT molecular complexity index is 642. The zero-order valence-electron chi connectivity index (χ0n) is 12.2. The first-order valence-corrected chi connectivity index (χ1v) is 7.24. The van der Waals surface area contributed by atoms with Gasteiger partial charge < -0.3 is 14.8 Å². The van der Waals surface area contributed by atoms with Crippen LogP contribution in [0.25, 0.3) is 10.9 Å². The zero-order chi connectivity index (χ0) is 15.0. The molecule has 2 heterocycles. The zero-order valence-corrected chi connectivity index (χ0v) is 12.2. The van der Waals surface area contributed by atoms with Crippen LogP contribution in [0.15, 0.2) is 30.5 Å². The first kappa shape index (κ1) is 14.1. The molecule has 1 aromatic heterocycles. The third kappa shape index (κ3) is 2.66. The van der Waals surface area contributed by atoms with E-state index in [1.165, 1.54) is 0 Å². The van der Waals surface area contributed by atoms with E-state index in [2.05, 4.69) is 4.98 Å². The second kappa shape index (κ2) is 5.50. The summed E-state index contributed by atoms with van der Waals surface area (Å²) >= 11 is 0. The Kier molecular flexibility index (Phi) is 3.69. The normalized spacial score (nSPS) is 25.0. The Morgan fingerprint density at radius 2 is 2.00 bits per heavy atom. The summed E-state index contributed by atoms with van der Waals surface area (Å²) in [4.78, 5) is 17.0. The molecular weight excluding hydrogens is 268 g/mol. The number of ether oxygens (including phenoxy) is 1. The minimum absolute atomic E-state index is 0.0424. The third-order valence-electron chi connectivity index (χ3n) is 3.96. The Hall–Kier alpha value is -1.85. The number of para-hydroxylation sites is 1. The van der Waals surface area contributed by atoms with Gasteiger partial charge in [0.2, 0.25) is 0 Å². The van der Waals surface area contributed by atoms with E-state index in [9.17, 15) is 9.90 Å². The molecule has 1 aliphatic rings. The second-order valence-corrected chi connectivity index (χ2v) is 5.74. The van der Waals surface area contributed by atoms with E-state index in [1.54, 1.807) is 0 Å². The Labute approximate surface area is 123 Å². The largest absolute Gasteiger partial charge is 0.480 e. The molecule has 0 aliphatic carbocycles. The average molecular weight is 288 g/mol. The van der Waals surface area contributed by atoms with Crippen molar-refractivity contribution in [2.45, 2.75) is 32.1 Å². The molecule has 1 aliphatic heterocycles. The summed E-state index contributed by atoms with van der Waals surface area (Å²) in [6.45, 7) is 5.22. The van der Waals surface area contributed by atoms with Crippen LogP contribution in [-0.2, 0) is 9.53 Å². The van der Waals surface area contributed by atoms with Gasteiger partial charge in [0.1, 0.15) is 6.04 Å². The summed E-state index contributed by atoms with van der Waals surface area (Å²) in [5.74, 6) is -0.818. The minimum Gasteiger partial charge on any atom is -0.480 e. The van der Waals surface area contributed by atoms with Crippen LogP contribution in [0, 0.1) is 0 Å². The quantitative estimate of drug-likeness (QED) is 0.910. The maximum absolute atomic E-state index is 11.9. The van der Waals surface area contributed by atoms with Crippen molar-refractivity contribution >= 4 is 16.9 Å². The summed E-state index contributed by atoms with van der Waals surface area (Å²) in [7, 11) is 0. The standard InChI is InChI=1S/C16H20N2O3/c1-10-8-18(9-11(2)21-10)15(16(19)20)13-7-17-14-6-4-3-5-12(13)14/h3-7,10-11,15,17H,8-9H2,1-2H3,(H,19,20). The molecule has 3 atom stereocenters. The predicted molar refractivity (Wildman–Crippen MR) is 80.3 cm³/mol. The Balaban J connectivity index is 2.00. The number of benzene rings is 1. The number of aromatic nitrogens is 1. The molecule has 0 saturated carbocycles. The van der Waals surface area contributed by atoms with Crippen molar-refractivity contribution in [3.63, 3.8) is 0 Å². The van der Waals surface area contributed by atoms with E-state index < -0.39 is 12.0 Å². The van der Waals surface area contributed by atoms with Gasteiger partial charge in [0, 0.05) is 35.8 Å². The number of aliphatic carboxylic acids is 1. The van der Waals surface area contributed by atoms with Crippen LogP contribution in [0.4, 0.5) is 0 Å². The highest BCUT2D eigenvalue weighted by Gasteiger charge is 2.34. The number of carboxylic acid groups (broad SMARTS) is 1. The van der Waals surface area contributed by atoms with E-state index in [0.29, 0.717) is 13.1 Å². The molecule has 1 saturated heterocycles. The van der Waals surface area contributed by atoms with Gasteiger partial charge in [0.25, 0.3) is 0 Å². The topological polar surface area (TPSA) is 65.6 Å². The molecule has 1 aromatic carbocycles. The first-order valence-electron chi connectivity index (χ1n) is 7.24. The summed E-state index contributed by atoms with van der Waals surface area (Å²) in [6.07, 6.45) is 1.90. The summed E-state index contributed by atoms with van der Waals surface area (Å²) in [5.41, 5.74) is 1.78. The highest BCUT2D eigenvalue weighted by Crippen LogP contribution is 2.30. The average Bonchev–Trinajstić information content (AvgIpc) is 2.82. The van der Waals surface area contributed by atoms with E-state index in [-0.39, 0.29) is 12.2 Å². The van der Waals surface area contributed by atoms with Gasteiger partial charge in [-0.05, 0) is 19.9 Å². The summed E-state index contributed by atoms with van der Waals surface area (Å²) in [5, 5.41) is 10.7. The first-order chi connectivity index (χ1) is 10.1. The van der Waals surface area contributed by atoms with Crippen LogP contribution in [-0.4, -0.2) is 46.3 Å². The Morgan fingerprint density at radius 3 is 2.67 bits per heavy atom. The van der Waals surface area contributed by atoms with Crippen molar-refractivity contribution in [3.8, 4) is 0 Å². The number of carboxylic acids is 1. The SMILES string of the molecule is CC1CN(C(C(=O)O)c2c[nH]c3ccccc23)CC(C)O1. The van der Waals surface area contributed by atoms with Crippen molar-refractivity contribution in [1.82, 2.24) is 9.88 Å². The van der Waals surface area contributed by atoms with Gasteiger partial charge in [-0.2, -0.15) is 0 Å². The molecule has 0 amide bonds. The van der Waals surface area contributed by atoms with E-state index >= 15 is 0 Å². The van der Waals surface area contributed by atoms with Gasteiger partial charge >= 0.3 is 5.97 Å². The van der Waals surface area contributed by atoms with Crippen molar-refractivity contribution in [2.24, 2.45) is 0 Å². The van der Waals surface area contributed by atoms with Gasteiger partial charge in [-0.25, -0.2) is 0 Å². The maximum atomic E-state index is 11.9. The molecule has 5 heteroatoms. The molecular formula is C16H20N2O3. The predicted octanol–water partition coefficient (Wildman–Crippen LogP) is 2.40. The van der Waals surface area contributed by atoms with Crippen LogP contribution < -0.4 is 0 Å². The van der Waals surface area contributed by atoms with Gasteiger partial charge in [-0.15, -0.1) is 0 Å². The smallest absolute Gasteiger partial charge is 0.325 e. The summed E-state index contributed by atoms with van der Waals surface area (Å²) in [6, 6.07) is 7.16. The second-order valence-electron chi connectivity index (χ2n) is 5.74. The van der Waals surface area contributed by atoms with E-state index in [1.807, 2.05) is 49.2 Å². The highest BCUT2D eigenvalue weighted by molar-refractivity contribution is 5.89. The monoisotopic (exact) mass is 288 g/mol. The number of hydrogen-bond donors (Lipinski definition) is 2. The van der Waals surface area contributed by atoms with E-state index in [0.717, 1.165) is 16.5 Å². The molecule has 0 radical (unpaired) electrons. The number of nitrogens with zero attached hydrogens (tertiary/aromatic N) is 1. The molecule has 21 heavy (non-hydrogen) atoms. The van der Waals surface area contributed by atoms with Crippen molar-refractivity contribution in [2.75, 3.05) is 13.1 Å². The fraction of sp³-hybridized carbons (Fsp3) is 0.438. The lowest BCUT2D eigenvalue weighted by Gasteiger charge is -2.38. The molecule has 112 valence electrons. The van der Waals surface area contributed by atoms with Crippen LogP contribution in [0.1, 0.15) is 25.5 Å². The highest BCUT2D eigenvalue weighted by atomic mass is 16.5. The van der Waals surface area contributed by atoms with Crippen LogP contribution in [0.3, 0.4) is 0 Å². The molecule has 2 aromatic rings. The number of morpholine rings is 1. The maximum Gasteiger partial charge on any atom is 0.325 e. The Morgan fingerprint density at radius 1 is 1.33 bits per heavy atom. The van der Waals surface area contributed by atoms with Crippen molar-refractivity contribution < 1.29 is 14.6 Å². The number of aromatic amines is 1. The molecule has 0 bridgehead atoms. The fourth-order valence-electron chi connectivity index (χ4n) is 3.23. The van der Waals surface area contributed by atoms with Crippen LogP contribution in [0.5, 0.6) is 0 Å². The lowest BCUT2D eigenvalue weighted by atomic mass is 10.0. The molecule has 2 N–H and O–H groups in total. The molecule has 5 nitrogen and oxygen atoms in total. The minimum atomic E-state index is -0.818. The number of nitrogens with one attached hydrogen (secondary N) is 1. The lowest BCUT2D eigenvalue weighted by Crippen LogP contribution is -2.48. The fourth-order valence-corrected chi connectivity index (χ4v) is 3.23. The van der Waals surface area contributed by atoms with Gasteiger partial charge in [-0.3, -0.25) is 9.69 Å². The van der Waals surface area contributed by atoms with Crippen molar-refractivity contribution in [3.05, 3.63) is 36.0 Å². The number of fused-ring (bicyclic) bond motifs is 1. The summed E-state index contributed by atoms with van der Waals surface area (Å²) < 4.78 is 5.71. The van der Waals surface area contributed by atoms with Gasteiger partial charge in [0.15, 0.2) is 0 Å². The van der Waals surface area contributed by atoms with Gasteiger partial charge in [-0.1, -0.05) is 18.2 Å². The molecule has 3 unspecified atom stereocenters. The number of hydrogen-bond acceptors (Lipinski definition) is 3. The third-order valence-corrected chi connectivity index (χ3v) is 3.96. The number of H-pyrrole nitrogens is 1. The molecule has 3 rings (SSSR count). The van der Waals surface area contributed by atoms with E-state index in [4.69, 9.17) is 4.74 Å².